The Balaban J connectivity index is 1.91. The molecular formula is C22H27ClN2O3S. The highest BCUT2D eigenvalue weighted by Gasteiger charge is 2.30. The molecule has 2 aromatic carbocycles. The smallest absolute Gasteiger partial charge is 0.264 e. The molecule has 0 radical (unpaired) electrons. The van der Waals surface area contributed by atoms with Gasteiger partial charge in [-0.25, -0.2) is 8.42 Å². The molecule has 0 atom stereocenters. The van der Waals surface area contributed by atoms with Crippen LogP contribution in [0.1, 0.15) is 37.7 Å². The maximum atomic E-state index is 13.4. The van der Waals surface area contributed by atoms with Crippen LogP contribution in [0.5, 0.6) is 0 Å². The molecule has 0 spiro atoms. The van der Waals surface area contributed by atoms with Crippen molar-refractivity contribution in [3.63, 3.8) is 0 Å². The number of benzene rings is 2. The van der Waals surface area contributed by atoms with E-state index in [1.54, 1.807) is 24.1 Å². The number of likely N-dealkylation sites (N-methyl/N-ethyl adjacent to an activating group) is 1. The van der Waals surface area contributed by atoms with E-state index in [-0.39, 0.29) is 23.4 Å². The molecule has 0 saturated heterocycles. The van der Waals surface area contributed by atoms with E-state index in [9.17, 15) is 13.2 Å². The maximum absolute atomic E-state index is 13.4. The van der Waals surface area contributed by atoms with Gasteiger partial charge in [0.15, 0.2) is 0 Å². The molecule has 1 saturated carbocycles. The summed E-state index contributed by atoms with van der Waals surface area (Å²) in [7, 11) is -2.14. The molecule has 0 heterocycles. The standard InChI is InChI=1S/C22H27ClN2O3S/c1-17-8-12-20(13-9-17)25(29(27,28)21-14-10-18(23)11-15-21)16-22(26)24(2)19-6-4-3-5-7-19/h8-15,19H,3-7,16H2,1-2H3. The lowest BCUT2D eigenvalue weighted by molar-refractivity contribution is -0.130. The maximum Gasteiger partial charge on any atom is 0.264 e. The van der Waals surface area contributed by atoms with Crippen molar-refractivity contribution in [2.75, 3.05) is 17.9 Å². The Hall–Kier alpha value is -2.05. The first-order valence-electron chi connectivity index (χ1n) is 9.89. The monoisotopic (exact) mass is 434 g/mol. The lowest BCUT2D eigenvalue weighted by atomic mass is 9.94. The van der Waals surface area contributed by atoms with Crippen molar-refractivity contribution in [3.05, 3.63) is 59.1 Å². The second kappa shape index (κ2) is 9.18. The van der Waals surface area contributed by atoms with Crippen molar-refractivity contribution in [3.8, 4) is 0 Å². The van der Waals surface area contributed by atoms with Crippen LogP contribution >= 0.6 is 11.6 Å². The van der Waals surface area contributed by atoms with E-state index < -0.39 is 10.0 Å². The Morgan fingerprint density at radius 1 is 1.00 bits per heavy atom. The van der Waals surface area contributed by atoms with Gasteiger partial charge in [-0.05, 0) is 56.2 Å². The molecule has 1 aliphatic rings. The van der Waals surface area contributed by atoms with E-state index in [1.807, 2.05) is 19.1 Å². The van der Waals surface area contributed by atoms with Crippen molar-refractivity contribution in [2.24, 2.45) is 0 Å². The van der Waals surface area contributed by atoms with Crippen molar-refractivity contribution in [1.82, 2.24) is 4.90 Å². The Morgan fingerprint density at radius 2 is 1.59 bits per heavy atom. The molecule has 2 aromatic rings. The number of sulfonamides is 1. The second-order valence-corrected chi connectivity index (χ2v) is 9.90. The Kier molecular flexibility index (Phi) is 6.85. The second-order valence-electron chi connectivity index (χ2n) is 7.60. The summed E-state index contributed by atoms with van der Waals surface area (Å²) in [5, 5.41) is 0.457. The van der Waals surface area contributed by atoms with Gasteiger partial charge in [0.25, 0.3) is 10.0 Å². The van der Waals surface area contributed by atoms with Gasteiger partial charge >= 0.3 is 0 Å². The molecule has 0 unspecified atom stereocenters. The number of rotatable bonds is 6. The topological polar surface area (TPSA) is 57.7 Å². The number of aryl methyl sites for hydroxylation is 1. The zero-order chi connectivity index (χ0) is 21.0. The third-order valence-corrected chi connectivity index (χ3v) is 7.56. The average Bonchev–Trinajstić information content (AvgIpc) is 2.73. The predicted molar refractivity (Wildman–Crippen MR) is 117 cm³/mol. The molecule has 0 aliphatic heterocycles. The fourth-order valence-corrected chi connectivity index (χ4v) is 5.21. The molecule has 29 heavy (non-hydrogen) atoms. The van der Waals surface area contributed by atoms with Crippen molar-refractivity contribution in [1.29, 1.82) is 0 Å². The molecule has 1 amide bonds. The zero-order valence-electron chi connectivity index (χ0n) is 16.8. The van der Waals surface area contributed by atoms with Crippen LogP contribution in [0.4, 0.5) is 5.69 Å². The van der Waals surface area contributed by atoms with Gasteiger partial charge in [0.2, 0.25) is 5.91 Å². The SMILES string of the molecule is Cc1ccc(N(CC(=O)N(C)C2CCCCC2)S(=O)(=O)c2ccc(Cl)cc2)cc1. The molecule has 1 aliphatic carbocycles. The van der Waals surface area contributed by atoms with E-state index in [4.69, 9.17) is 11.6 Å². The Bertz CT molecular complexity index is 937. The largest absolute Gasteiger partial charge is 0.341 e. The minimum Gasteiger partial charge on any atom is -0.341 e. The molecule has 3 rings (SSSR count). The molecule has 7 heteroatoms. The highest BCUT2D eigenvalue weighted by Crippen LogP contribution is 2.26. The molecule has 0 aromatic heterocycles. The third-order valence-electron chi connectivity index (χ3n) is 5.52. The van der Waals surface area contributed by atoms with Crippen molar-refractivity contribution < 1.29 is 13.2 Å². The lowest BCUT2D eigenvalue weighted by Gasteiger charge is -2.33. The molecule has 0 bridgehead atoms. The first-order valence-corrected chi connectivity index (χ1v) is 11.7. The van der Waals surface area contributed by atoms with Gasteiger partial charge in [-0.3, -0.25) is 9.10 Å². The first-order chi connectivity index (χ1) is 13.8. The van der Waals surface area contributed by atoms with Gasteiger partial charge in [-0.15, -0.1) is 0 Å². The number of carbonyl (C=O) groups excluding carboxylic acids is 1. The summed E-state index contributed by atoms with van der Waals surface area (Å²) in [6, 6.07) is 13.3. The van der Waals surface area contributed by atoms with Gasteiger partial charge in [-0.1, -0.05) is 48.6 Å². The zero-order valence-corrected chi connectivity index (χ0v) is 18.4. The van der Waals surface area contributed by atoms with Crippen LogP contribution < -0.4 is 4.31 Å². The summed E-state index contributed by atoms with van der Waals surface area (Å²) in [5.41, 5.74) is 1.49. The number of halogens is 1. The van der Waals surface area contributed by atoms with Crippen molar-refractivity contribution >= 4 is 33.2 Å². The Morgan fingerprint density at radius 3 is 2.17 bits per heavy atom. The average molecular weight is 435 g/mol. The number of carbonyl (C=O) groups is 1. The predicted octanol–water partition coefficient (Wildman–Crippen LogP) is 4.63. The van der Waals surface area contributed by atoms with Crippen LogP contribution in [0.15, 0.2) is 53.4 Å². The van der Waals surface area contributed by atoms with Crippen LogP contribution in [0, 0.1) is 6.92 Å². The van der Waals surface area contributed by atoms with Gasteiger partial charge < -0.3 is 4.90 Å². The summed E-state index contributed by atoms with van der Waals surface area (Å²) in [6.07, 6.45) is 5.34. The van der Waals surface area contributed by atoms with E-state index in [1.165, 1.54) is 35.0 Å². The van der Waals surface area contributed by atoms with Crippen molar-refractivity contribution in [2.45, 2.75) is 50.0 Å². The number of amides is 1. The quantitative estimate of drug-likeness (QED) is 0.665. The molecule has 0 N–H and O–H groups in total. The van der Waals surface area contributed by atoms with Gasteiger partial charge in [0.05, 0.1) is 10.6 Å². The van der Waals surface area contributed by atoms with E-state index in [0.29, 0.717) is 10.7 Å². The number of hydrogen-bond donors (Lipinski definition) is 0. The molecule has 156 valence electrons. The molecule has 5 nitrogen and oxygen atoms in total. The Labute approximate surface area is 178 Å². The van der Waals surface area contributed by atoms with Gasteiger partial charge in [0, 0.05) is 18.1 Å². The third kappa shape index (κ3) is 5.11. The summed E-state index contributed by atoms with van der Waals surface area (Å²) in [5.74, 6) is -0.199. The summed E-state index contributed by atoms with van der Waals surface area (Å²) in [6.45, 7) is 1.70. The first kappa shape index (κ1) is 21.7. The van der Waals surface area contributed by atoms with Crippen LogP contribution in [0.25, 0.3) is 0 Å². The fraction of sp³-hybridized carbons (Fsp3) is 0.409. The minimum absolute atomic E-state index is 0.107. The van der Waals surface area contributed by atoms with E-state index in [2.05, 4.69) is 0 Å². The summed E-state index contributed by atoms with van der Waals surface area (Å²) >= 11 is 5.92. The van der Waals surface area contributed by atoms with Crippen LogP contribution in [-0.2, 0) is 14.8 Å². The number of hydrogen-bond acceptors (Lipinski definition) is 3. The van der Waals surface area contributed by atoms with E-state index >= 15 is 0 Å². The lowest BCUT2D eigenvalue weighted by Crippen LogP contribution is -2.45. The highest BCUT2D eigenvalue weighted by atomic mass is 35.5. The van der Waals surface area contributed by atoms with Crippen LogP contribution in [0.3, 0.4) is 0 Å². The van der Waals surface area contributed by atoms with Gasteiger partial charge in [-0.2, -0.15) is 0 Å². The normalized spacial score (nSPS) is 15.1. The number of anilines is 1. The van der Waals surface area contributed by atoms with Gasteiger partial charge in [0.1, 0.15) is 6.54 Å². The molecule has 1 fully saturated rings. The van der Waals surface area contributed by atoms with E-state index in [0.717, 1.165) is 31.2 Å². The summed E-state index contributed by atoms with van der Waals surface area (Å²) in [4.78, 5) is 14.9. The summed E-state index contributed by atoms with van der Waals surface area (Å²) < 4.78 is 27.9. The minimum atomic E-state index is -3.92. The fourth-order valence-electron chi connectivity index (χ4n) is 3.67. The molecular weight excluding hydrogens is 408 g/mol. The van der Waals surface area contributed by atoms with Crippen LogP contribution in [-0.4, -0.2) is 38.9 Å². The highest BCUT2D eigenvalue weighted by molar-refractivity contribution is 7.92. The number of nitrogens with zero attached hydrogens (tertiary/aromatic N) is 2. The van der Waals surface area contributed by atoms with Crippen LogP contribution in [0.2, 0.25) is 5.02 Å².